The number of likely N-dealkylation sites (N-methyl/N-ethyl adjacent to an activating group) is 1. The molecule has 1 fully saturated rings. The second-order valence-corrected chi connectivity index (χ2v) is 6.24. The van der Waals surface area contributed by atoms with Gasteiger partial charge in [0.05, 0.1) is 12.9 Å². The number of aliphatic hydroxyl groups is 2. The molecule has 0 spiro atoms. The van der Waals surface area contributed by atoms with Crippen LogP contribution >= 0.6 is 8.60 Å². The van der Waals surface area contributed by atoms with Crippen LogP contribution in [0.4, 0.5) is 0 Å². The summed E-state index contributed by atoms with van der Waals surface area (Å²) in [5.41, 5.74) is 0. The lowest BCUT2D eigenvalue weighted by atomic mass is 10.1. The molecule has 5 unspecified atom stereocenters. The molecule has 5 atom stereocenters. The number of amides is 1. The van der Waals surface area contributed by atoms with Crippen LogP contribution in [0.1, 0.15) is 0 Å². The van der Waals surface area contributed by atoms with Crippen molar-refractivity contribution < 1.29 is 39.5 Å². The van der Waals surface area contributed by atoms with Crippen molar-refractivity contribution in [2.24, 2.45) is 4.99 Å². The summed E-state index contributed by atoms with van der Waals surface area (Å²) in [4.78, 5) is 35.9. The standard InChI is InChI=1S/C13H25N4O7P.H2O/c1-16(2)7-14-10(15-8-19)4-5-17(3)13-11(20)12(24-25(21)22)9(6-18)23-13;/h4-5,7-13,18,20-22H,6H2,1-3H3,(H,15,19);1H2/b5-4-,14-7-;. The van der Waals surface area contributed by atoms with E-state index in [0.29, 0.717) is 6.41 Å². The van der Waals surface area contributed by atoms with Crippen molar-refractivity contribution in [3.05, 3.63) is 12.3 Å². The first-order valence-electron chi connectivity index (χ1n) is 7.38. The molecule has 0 aromatic carbocycles. The fourth-order valence-corrected chi connectivity index (χ4v) is 2.65. The highest BCUT2D eigenvalue weighted by Crippen LogP contribution is 2.35. The Labute approximate surface area is 152 Å². The lowest BCUT2D eigenvalue weighted by Gasteiger charge is -2.25. The number of carbonyl (C=O) groups is 1. The van der Waals surface area contributed by atoms with E-state index in [0.717, 1.165) is 0 Å². The van der Waals surface area contributed by atoms with Crippen LogP contribution in [0.15, 0.2) is 17.3 Å². The molecule has 1 aliphatic rings. The fourth-order valence-electron chi connectivity index (χ4n) is 2.17. The normalized spacial score (nSPS) is 26.9. The SMILES string of the molecule is CN(C)/C=N\C(/C=C\N(C)C1OC(CO)C(OP(O)O)C1O)NC=O.O. The van der Waals surface area contributed by atoms with Crippen LogP contribution in [0, 0.1) is 0 Å². The lowest BCUT2D eigenvalue weighted by molar-refractivity contribution is -0.109. The maximum absolute atomic E-state index is 10.6. The van der Waals surface area contributed by atoms with Crippen molar-refractivity contribution in [3.8, 4) is 0 Å². The summed E-state index contributed by atoms with van der Waals surface area (Å²) in [6.45, 7) is -0.457. The summed E-state index contributed by atoms with van der Waals surface area (Å²) in [5, 5.41) is 22.1. The maximum atomic E-state index is 10.6. The first-order chi connectivity index (χ1) is 11.8. The molecule has 26 heavy (non-hydrogen) atoms. The second-order valence-electron chi connectivity index (χ2n) is 5.53. The molecular weight excluding hydrogens is 371 g/mol. The van der Waals surface area contributed by atoms with Crippen molar-refractivity contribution in [2.75, 3.05) is 27.7 Å². The summed E-state index contributed by atoms with van der Waals surface area (Å²) >= 11 is 0. The third-order valence-electron chi connectivity index (χ3n) is 3.31. The summed E-state index contributed by atoms with van der Waals surface area (Å²) in [6, 6.07) is 0. The zero-order valence-corrected chi connectivity index (χ0v) is 15.6. The van der Waals surface area contributed by atoms with Gasteiger partial charge in [-0.15, -0.1) is 0 Å². The summed E-state index contributed by atoms with van der Waals surface area (Å²) in [6.07, 6.45) is 0.434. The average molecular weight is 398 g/mol. The van der Waals surface area contributed by atoms with Crippen LogP contribution in [-0.4, -0.2) is 106 Å². The molecule has 1 saturated heterocycles. The molecule has 1 rings (SSSR count). The van der Waals surface area contributed by atoms with Gasteiger partial charge < -0.3 is 49.9 Å². The number of aliphatic imine (C=N–C) groups is 1. The van der Waals surface area contributed by atoms with E-state index < -0.39 is 45.9 Å². The molecule has 0 aromatic rings. The highest BCUT2D eigenvalue weighted by atomic mass is 31.2. The lowest BCUT2D eigenvalue weighted by Crippen LogP contribution is -2.40. The Morgan fingerprint density at radius 3 is 2.54 bits per heavy atom. The Balaban J connectivity index is 0.00000625. The fraction of sp³-hybridized carbons (Fsp3) is 0.692. The van der Waals surface area contributed by atoms with Gasteiger partial charge in [-0.05, 0) is 6.08 Å². The van der Waals surface area contributed by atoms with Crippen molar-refractivity contribution in [3.63, 3.8) is 0 Å². The van der Waals surface area contributed by atoms with Crippen molar-refractivity contribution in [1.29, 1.82) is 0 Å². The van der Waals surface area contributed by atoms with Gasteiger partial charge in [-0.2, -0.15) is 0 Å². The molecule has 1 amide bonds. The van der Waals surface area contributed by atoms with Gasteiger partial charge in [-0.25, -0.2) is 4.99 Å². The Hall–Kier alpha value is -1.37. The molecule has 12 nitrogen and oxygen atoms in total. The van der Waals surface area contributed by atoms with Gasteiger partial charge >= 0.3 is 8.60 Å². The number of rotatable bonds is 10. The molecular formula is C13H27N4O8P. The number of ether oxygens (including phenoxy) is 1. The Kier molecular flexibility index (Phi) is 11.5. The maximum Gasteiger partial charge on any atom is 0.327 e. The minimum atomic E-state index is -2.70. The third kappa shape index (κ3) is 7.48. The first kappa shape index (κ1) is 24.6. The molecule has 7 N–H and O–H groups in total. The molecule has 0 aromatic heterocycles. The average Bonchev–Trinajstić information content (AvgIpc) is 2.85. The van der Waals surface area contributed by atoms with Gasteiger partial charge in [0.1, 0.15) is 24.5 Å². The predicted molar refractivity (Wildman–Crippen MR) is 93.7 cm³/mol. The highest BCUT2D eigenvalue weighted by Gasteiger charge is 2.46. The van der Waals surface area contributed by atoms with Crippen molar-refractivity contribution >= 4 is 21.4 Å². The quantitative estimate of drug-likeness (QED) is 0.111. The summed E-state index contributed by atoms with van der Waals surface area (Å²) in [7, 11) is 2.47. The van der Waals surface area contributed by atoms with Gasteiger partial charge in [-0.3, -0.25) is 4.79 Å². The number of hydrogen-bond donors (Lipinski definition) is 5. The van der Waals surface area contributed by atoms with Crippen LogP contribution < -0.4 is 5.32 Å². The molecule has 0 saturated carbocycles. The smallest absolute Gasteiger partial charge is 0.327 e. The number of hydrogen-bond acceptors (Lipinski definition) is 9. The summed E-state index contributed by atoms with van der Waals surface area (Å²) < 4.78 is 10.3. The molecule has 1 aliphatic heterocycles. The molecule has 0 bridgehead atoms. The van der Waals surface area contributed by atoms with E-state index in [-0.39, 0.29) is 5.48 Å². The largest absolute Gasteiger partial charge is 0.412 e. The van der Waals surface area contributed by atoms with Crippen LogP contribution in [0.25, 0.3) is 0 Å². The van der Waals surface area contributed by atoms with E-state index in [9.17, 15) is 15.0 Å². The van der Waals surface area contributed by atoms with Gasteiger partial charge in [0.15, 0.2) is 6.23 Å². The second kappa shape index (κ2) is 12.1. The van der Waals surface area contributed by atoms with Crippen LogP contribution in [0.5, 0.6) is 0 Å². The Morgan fingerprint density at radius 1 is 1.38 bits per heavy atom. The van der Waals surface area contributed by atoms with E-state index in [1.165, 1.54) is 11.2 Å². The minimum Gasteiger partial charge on any atom is -0.412 e. The number of nitrogens with zero attached hydrogens (tertiary/aromatic N) is 3. The monoisotopic (exact) mass is 398 g/mol. The molecule has 1 heterocycles. The van der Waals surface area contributed by atoms with Crippen molar-refractivity contribution in [1.82, 2.24) is 15.1 Å². The van der Waals surface area contributed by atoms with Gasteiger partial charge in [0, 0.05) is 27.3 Å². The van der Waals surface area contributed by atoms with Crippen LogP contribution in [0.3, 0.4) is 0 Å². The minimum absolute atomic E-state index is 0. The topological polar surface area (TPSA) is 179 Å². The Bertz CT molecular complexity index is 467. The third-order valence-corrected chi connectivity index (χ3v) is 3.74. The van der Waals surface area contributed by atoms with E-state index >= 15 is 0 Å². The van der Waals surface area contributed by atoms with E-state index in [2.05, 4.69) is 10.3 Å². The zero-order chi connectivity index (χ0) is 19.0. The van der Waals surface area contributed by atoms with E-state index in [4.69, 9.17) is 19.0 Å². The zero-order valence-electron chi connectivity index (χ0n) is 14.7. The Morgan fingerprint density at radius 2 is 2.04 bits per heavy atom. The number of carbonyl (C=O) groups excluding carboxylic acids is 1. The molecule has 152 valence electrons. The van der Waals surface area contributed by atoms with Crippen molar-refractivity contribution in [2.45, 2.75) is 30.7 Å². The molecule has 0 radical (unpaired) electrons. The van der Waals surface area contributed by atoms with Crippen LogP contribution in [0.2, 0.25) is 0 Å². The number of nitrogens with one attached hydrogen (secondary N) is 1. The van der Waals surface area contributed by atoms with Crippen LogP contribution in [-0.2, 0) is 14.1 Å². The predicted octanol–water partition coefficient (Wildman–Crippen LogP) is -3.06. The van der Waals surface area contributed by atoms with Gasteiger partial charge in [-0.1, -0.05) is 0 Å². The molecule has 13 heteroatoms. The molecule has 0 aliphatic carbocycles. The highest BCUT2D eigenvalue weighted by molar-refractivity contribution is 7.39. The summed E-state index contributed by atoms with van der Waals surface area (Å²) in [5.74, 6) is 0. The van der Waals surface area contributed by atoms with Gasteiger partial charge in [0.25, 0.3) is 0 Å². The number of aliphatic hydroxyl groups excluding tert-OH is 2. The first-order valence-corrected chi connectivity index (χ1v) is 8.55. The van der Waals surface area contributed by atoms with E-state index in [1.54, 1.807) is 38.3 Å². The van der Waals surface area contributed by atoms with Gasteiger partial charge in [0.2, 0.25) is 6.41 Å². The van der Waals surface area contributed by atoms with E-state index in [1.807, 2.05) is 0 Å².